The van der Waals surface area contributed by atoms with E-state index >= 15 is 0 Å². The molecule has 5 amide bonds. The zero-order valence-corrected chi connectivity index (χ0v) is 28.2. The van der Waals surface area contributed by atoms with Crippen LogP contribution in [0.2, 0.25) is 0 Å². The van der Waals surface area contributed by atoms with Gasteiger partial charge in [-0.25, -0.2) is 4.79 Å². The highest BCUT2D eigenvalue weighted by atomic mass is 16.5. The van der Waals surface area contributed by atoms with Gasteiger partial charge in [0.1, 0.15) is 6.04 Å². The van der Waals surface area contributed by atoms with Crippen LogP contribution in [0.25, 0.3) is 0 Å². The zero-order valence-electron chi connectivity index (χ0n) is 28.2. The number of imide groups is 1. The van der Waals surface area contributed by atoms with E-state index in [1.807, 2.05) is 54.6 Å². The van der Waals surface area contributed by atoms with Crippen LogP contribution in [0.1, 0.15) is 45.5 Å². The lowest BCUT2D eigenvalue weighted by atomic mass is 10.0. The van der Waals surface area contributed by atoms with Crippen LogP contribution in [0.15, 0.2) is 66.7 Å². The van der Waals surface area contributed by atoms with Crippen LogP contribution in [-0.4, -0.2) is 97.1 Å². The number of nitrogens with one attached hydrogen (secondary N) is 3. The molecule has 0 spiro atoms. The molecule has 0 saturated carbocycles. The van der Waals surface area contributed by atoms with Crippen molar-refractivity contribution in [2.24, 2.45) is 0 Å². The minimum atomic E-state index is -0.644. The van der Waals surface area contributed by atoms with Gasteiger partial charge in [-0.2, -0.15) is 0 Å². The molecule has 4 aliphatic rings. The third-order valence-corrected chi connectivity index (χ3v) is 9.20. The highest BCUT2D eigenvalue weighted by Crippen LogP contribution is 2.28. The second-order valence-electron chi connectivity index (χ2n) is 12.9. The molecule has 3 aromatic rings. The molecular weight excluding hydrogens is 638 g/mol. The monoisotopic (exact) mass is 683 g/mol. The van der Waals surface area contributed by atoms with Crippen LogP contribution in [0.5, 0.6) is 0 Å². The van der Waals surface area contributed by atoms with Gasteiger partial charge in [0.15, 0.2) is 0 Å². The highest BCUT2D eigenvalue weighted by Gasteiger charge is 2.39. The maximum atomic E-state index is 13.0. The number of rotatable bonds is 8. The van der Waals surface area contributed by atoms with Crippen molar-refractivity contribution in [2.75, 3.05) is 63.7 Å². The van der Waals surface area contributed by atoms with E-state index in [4.69, 9.17) is 15.2 Å². The van der Waals surface area contributed by atoms with E-state index in [2.05, 4.69) is 31.8 Å². The Morgan fingerprint density at radius 1 is 0.820 bits per heavy atom. The first-order valence-corrected chi connectivity index (χ1v) is 17.2. The Bertz CT molecular complexity index is 1690. The van der Waals surface area contributed by atoms with Crippen molar-refractivity contribution in [3.8, 4) is 0 Å². The number of urea groups is 1. The number of piperidine rings is 1. The Balaban J connectivity index is 0.000000257. The van der Waals surface area contributed by atoms with Crippen molar-refractivity contribution in [3.63, 3.8) is 0 Å². The second-order valence-corrected chi connectivity index (χ2v) is 12.9. The smallest absolute Gasteiger partial charge is 0.319 e. The van der Waals surface area contributed by atoms with E-state index in [-0.39, 0.29) is 30.8 Å². The molecule has 3 fully saturated rings. The molecule has 3 saturated heterocycles. The summed E-state index contributed by atoms with van der Waals surface area (Å²) in [6.07, 6.45) is 0.545. The summed E-state index contributed by atoms with van der Waals surface area (Å²) >= 11 is 0. The molecule has 1 unspecified atom stereocenters. The molecule has 1 atom stereocenters. The van der Waals surface area contributed by atoms with Gasteiger partial charge in [0, 0.05) is 75.7 Å². The van der Waals surface area contributed by atoms with Gasteiger partial charge in [0.2, 0.25) is 11.8 Å². The van der Waals surface area contributed by atoms with Gasteiger partial charge in [-0.3, -0.25) is 29.5 Å². The average Bonchev–Trinajstić information content (AvgIpc) is 3.43. The zero-order chi connectivity index (χ0) is 34.9. The molecule has 13 heteroatoms. The van der Waals surface area contributed by atoms with Crippen LogP contribution in [0.3, 0.4) is 0 Å². The van der Waals surface area contributed by atoms with Gasteiger partial charge in [-0.15, -0.1) is 0 Å². The topological polar surface area (TPSA) is 159 Å². The highest BCUT2D eigenvalue weighted by molar-refractivity contribution is 6.05. The molecule has 13 nitrogen and oxygen atoms in total. The molecule has 0 aromatic heterocycles. The average molecular weight is 684 g/mol. The molecule has 50 heavy (non-hydrogen) atoms. The van der Waals surface area contributed by atoms with Gasteiger partial charge >= 0.3 is 6.03 Å². The molecule has 3 aromatic carbocycles. The number of benzene rings is 3. The Morgan fingerprint density at radius 3 is 2.14 bits per heavy atom. The predicted octanol–water partition coefficient (Wildman–Crippen LogP) is 2.70. The summed E-state index contributed by atoms with van der Waals surface area (Å²) in [5.41, 5.74) is 11.8. The fraction of sp³-hybridized carbons (Fsp3) is 0.405. The Hall–Kier alpha value is -4.82. The van der Waals surface area contributed by atoms with Crippen LogP contribution >= 0.6 is 0 Å². The van der Waals surface area contributed by atoms with Gasteiger partial charge < -0.3 is 30.7 Å². The lowest BCUT2D eigenvalue weighted by Gasteiger charge is -2.29. The summed E-state index contributed by atoms with van der Waals surface area (Å²) in [4.78, 5) is 55.4. The summed E-state index contributed by atoms with van der Waals surface area (Å²) in [6, 6.07) is 20.3. The summed E-state index contributed by atoms with van der Waals surface area (Å²) in [5.74, 6) is -0.973. The van der Waals surface area contributed by atoms with E-state index in [9.17, 15) is 19.2 Å². The summed E-state index contributed by atoms with van der Waals surface area (Å²) in [5, 5.41) is 8.01. The Labute approximate surface area is 292 Å². The van der Waals surface area contributed by atoms with E-state index in [1.54, 1.807) is 6.07 Å². The number of ether oxygens (including phenoxy) is 2. The van der Waals surface area contributed by atoms with E-state index in [1.165, 1.54) is 10.5 Å². The maximum Gasteiger partial charge on any atom is 0.319 e. The fourth-order valence-electron chi connectivity index (χ4n) is 6.54. The Morgan fingerprint density at radius 2 is 1.48 bits per heavy atom. The van der Waals surface area contributed by atoms with Crippen molar-refractivity contribution >= 4 is 35.1 Å². The Kier molecular flexibility index (Phi) is 11.7. The molecule has 4 heterocycles. The standard InChI is InChI=1S/C26H29N5O5.C11H16N2O/c32-23-7-6-22(24(33)29-23)31-16-19-5-4-17(13-21(19)25(31)34)14-27-26(35)28-20-3-1-2-18(12-20)15-30-8-10-36-11-9-30;12-11-3-1-2-10(8-11)9-13-4-6-14-7-5-13/h1-5,12-13,22H,6-11,14-16H2,(H2,27,28,35)(H,29,32,33);1-3,8H,4-7,9,12H2. The number of carbonyl (C=O) groups excluding carboxylic acids is 4. The molecule has 4 aliphatic heterocycles. The van der Waals surface area contributed by atoms with E-state index < -0.39 is 11.9 Å². The minimum Gasteiger partial charge on any atom is -0.399 e. The van der Waals surface area contributed by atoms with Crippen LogP contribution in [0.4, 0.5) is 16.2 Å². The number of hydrogen-bond donors (Lipinski definition) is 4. The van der Waals surface area contributed by atoms with Gasteiger partial charge in [-0.05, 0) is 59.0 Å². The molecular formula is C37H45N7O6. The number of nitrogens with two attached hydrogens (primary N) is 1. The van der Waals surface area contributed by atoms with Crippen LogP contribution in [0, 0.1) is 0 Å². The van der Waals surface area contributed by atoms with E-state index in [0.717, 1.165) is 88.1 Å². The molecule has 0 aliphatic carbocycles. The lowest BCUT2D eigenvalue weighted by Crippen LogP contribution is -2.52. The number of nitrogens with zero attached hydrogens (tertiary/aromatic N) is 3. The van der Waals surface area contributed by atoms with Gasteiger partial charge in [-0.1, -0.05) is 36.4 Å². The van der Waals surface area contributed by atoms with Crippen molar-refractivity contribution in [1.29, 1.82) is 0 Å². The third-order valence-electron chi connectivity index (χ3n) is 9.20. The van der Waals surface area contributed by atoms with Gasteiger partial charge in [0.05, 0.1) is 26.4 Å². The van der Waals surface area contributed by atoms with Gasteiger partial charge in [0.25, 0.3) is 5.91 Å². The second kappa shape index (κ2) is 16.7. The number of nitrogen functional groups attached to an aromatic ring is 1. The molecule has 7 rings (SSSR count). The first-order valence-electron chi connectivity index (χ1n) is 17.2. The van der Waals surface area contributed by atoms with Crippen molar-refractivity contribution in [1.82, 2.24) is 25.3 Å². The number of amides is 5. The molecule has 264 valence electrons. The normalized spacial score (nSPS) is 19.6. The quantitative estimate of drug-likeness (QED) is 0.207. The van der Waals surface area contributed by atoms with Crippen molar-refractivity contribution in [2.45, 2.75) is 45.1 Å². The summed E-state index contributed by atoms with van der Waals surface area (Å²) in [6.45, 7) is 9.38. The number of fused-ring (bicyclic) bond motifs is 1. The lowest BCUT2D eigenvalue weighted by molar-refractivity contribution is -0.136. The SMILES string of the molecule is Nc1cccc(CN2CCOCC2)c1.O=C1CCC(N2Cc3ccc(CNC(=O)Nc4cccc(CN5CCOCC5)c4)cc3C2=O)C(=O)N1. The molecule has 0 bridgehead atoms. The number of morpholine rings is 2. The van der Waals surface area contributed by atoms with Crippen LogP contribution < -0.4 is 21.7 Å². The maximum absolute atomic E-state index is 13.0. The van der Waals surface area contributed by atoms with Crippen molar-refractivity contribution in [3.05, 3.63) is 94.5 Å². The fourth-order valence-corrected chi connectivity index (χ4v) is 6.54. The summed E-state index contributed by atoms with van der Waals surface area (Å²) in [7, 11) is 0. The first-order chi connectivity index (χ1) is 24.3. The molecule has 5 N–H and O–H groups in total. The van der Waals surface area contributed by atoms with Crippen LogP contribution in [-0.2, 0) is 45.2 Å². The number of anilines is 2. The largest absolute Gasteiger partial charge is 0.399 e. The summed E-state index contributed by atoms with van der Waals surface area (Å²) < 4.78 is 10.7. The van der Waals surface area contributed by atoms with E-state index in [0.29, 0.717) is 24.2 Å². The predicted molar refractivity (Wildman–Crippen MR) is 188 cm³/mol. The minimum absolute atomic E-state index is 0.219. The van der Waals surface area contributed by atoms with Crippen molar-refractivity contribution < 1.29 is 28.7 Å². The third kappa shape index (κ3) is 9.45. The number of hydrogen-bond acceptors (Lipinski definition) is 9. The number of carbonyl (C=O) groups is 4. The first kappa shape index (κ1) is 35.0. The molecule has 0 radical (unpaired) electrons.